The third-order valence-corrected chi connectivity index (χ3v) is 12.6. The number of aryl methyl sites for hydroxylation is 1. The van der Waals surface area contributed by atoms with E-state index in [0.29, 0.717) is 6.07 Å². The van der Waals surface area contributed by atoms with Crippen molar-refractivity contribution in [3.8, 4) is 0 Å². The fourth-order valence-corrected chi connectivity index (χ4v) is 10.1. The number of amides is 1. The summed E-state index contributed by atoms with van der Waals surface area (Å²) in [4.78, 5) is 26.6. The predicted octanol–water partition coefficient (Wildman–Crippen LogP) is 7.00. The zero-order valence-electron chi connectivity index (χ0n) is 24.5. The van der Waals surface area contributed by atoms with Gasteiger partial charge in [0.1, 0.15) is 10.6 Å². The van der Waals surface area contributed by atoms with Gasteiger partial charge >= 0.3 is 24.0 Å². The lowest BCUT2D eigenvalue weighted by atomic mass is 9.68. The largest absolute Gasteiger partial charge is 0.481 e. The molecule has 0 spiro atoms. The number of carbonyl (C=O) groups is 2. The van der Waals surface area contributed by atoms with E-state index in [-0.39, 0.29) is 75.1 Å². The molecule has 1 saturated carbocycles. The number of carboxylic acid groups (broad SMARTS) is 1. The summed E-state index contributed by atoms with van der Waals surface area (Å²) in [5.41, 5.74) is -8.99. The van der Waals surface area contributed by atoms with Gasteiger partial charge in [-0.05, 0) is 80.7 Å². The van der Waals surface area contributed by atoms with Crippen molar-refractivity contribution in [2.75, 3.05) is 6.54 Å². The van der Waals surface area contributed by atoms with Gasteiger partial charge in [0.2, 0.25) is 5.91 Å². The second kappa shape index (κ2) is 11.2. The Hall–Kier alpha value is -3.23. The van der Waals surface area contributed by atoms with Gasteiger partial charge in [0, 0.05) is 17.5 Å². The molecule has 2 atom stereocenters. The van der Waals surface area contributed by atoms with Crippen LogP contribution < -0.4 is 0 Å². The number of hydrogen-bond acceptors (Lipinski definition) is 4. The van der Waals surface area contributed by atoms with E-state index in [0.717, 1.165) is 30.3 Å². The van der Waals surface area contributed by atoms with Gasteiger partial charge in [0.05, 0.1) is 16.9 Å². The number of likely N-dealkylation sites (tertiary alicyclic amines) is 1. The van der Waals surface area contributed by atoms with Crippen molar-refractivity contribution in [1.82, 2.24) is 4.90 Å². The minimum absolute atomic E-state index is 0.0595. The minimum atomic E-state index is -6.38. The molecule has 252 valence electrons. The molecule has 0 bridgehead atoms. The van der Waals surface area contributed by atoms with Crippen LogP contribution in [0.2, 0.25) is 0 Å². The van der Waals surface area contributed by atoms with Crippen LogP contribution in [0, 0.1) is 17.2 Å². The molecule has 46 heavy (non-hydrogen) atoms. The third-order valence-electron chi connectivity index (χ3n) is 10.1. The van der Waals surface area contributed by atoms with Gasteiger partial charge in [-0.2, -0.15) is 26.3 Å². The summed E-state index contributed by atoms with van der Waals surface area (Å²) >= 11 is 0. The molecule has 0 aromatic heterocycles. The van der Waals surface area contributed by atoms with Gasteiger partial charge in [-0.25, -0.2) is 17.2 Å². The average Bonchev–Trinajstić information content (AvgIpc) is 2.98. The van der Waals surface area contributed by atoms with Crippen molar-refractivity contribution in [3.05, 3.63) is 65.0 Å². The van der Waals surface area contributed by atoms with Crippen LogP contribution in [0.4, 0.5) is 35.1 Å². The van der Waals surface area contributed by atoms with Crippen LogP contribution in [0.3, 0.4) is 0 Å². The van der Waals surface area contributed by atoms with Crippen LogP contribution in [0.1, 0.15) is 68.6 Å². The lowest BCUT2D eigenvalue weighted by Gasteiger charge is -2.54. The van der Waals surface area contributed by atoms with Crippen molar-refractivity contribution in [3.63, 3.8) is 0 Å². The SMILES string of the molecule is CC1(C(=O)N2CCCC3(S(=O)(=O)c4cccc(F)c4)c4ccc(C(F)(C(F)(F)F)C(F)(F)F)cc4CCC23)CCC(C(=O)O)CC1. The zero-order valence-corrected chi connectivity index (χ0v) is 25.3. The van der Waals surface area contributed by atoms with Gasteiger partial charge in [-0.3, -0.25) is 9.59 Å². The molecule has 2 unspecified atom stereocenters. The molecule has 0 radical (unpaired) electrons. The maximum absolute atomic E-state index is 15.1. The van der Waals surface area contributed by atoms with Crippen molar-refractivity contribution in [1.29, 1.82) is 0 Å². The van der Waals surface area contributed by atoms with Crippen molar-refractivity contribution in [2.45, 2.75) is 92.0 Å². The summed E-state index contributed by atoms with van der Waals surface area (Å²) < 4.78 is 138. The molecule has 2 fully saturated rings. The maximum atomic E-state index is 15.1. The Morgan fingerprint density at radius 3 is 2.11 bits per heavy atom. The normalized spacial score (nSPS) is 27.5. The van der Waals surface area contributed by atoms with Crippen LogP contribution >= 0.6 is 0 Å². The number of carboxylic acids is 1. The number of alkyl halides is 7. The predicted molar refractivity (Wildman–Crippen MR) is 147 cm³/mol. The molecule has 2 aromatic rings. The fraction of sp³-hybridized carbons (Fsp3) is 0.548. The number of carbonyl (C=O) groups excluding carboxylic acids is 1. The Labute approximate surface area is 259 Å². The molecule has 2 aromatic carbocycles. The molecule has 1 aliphatic heterocycles. The van der Waals surface area contributed by atoms with E-state index in [9.17, 15) is 53.8 Å². The topological polar surface area (TPSA) is 91.8 Å². The molecule has 3 aliphatic rings. The molecule has 2 aliphatic carbocycles. The lowest BCUT2D eigenvalue weighted by molar-refractivity contribution is -0.348. The van der Waals surface area contributed by atoms with Gasteiger partial charge in [0.15, 0.2) is 9.84 Å². The molecule has 5 rings (SSSR count). The Balaban J connectivity index is 1.67. The number of fused-ring (bicyclic) bond motifs is 3. The first kappa shape index (κ1) is 34.1. The first-order chi connectivity index (χ1) is 21.2. The van der Waals surface area contributed by atoms with Gasteiger partial charge < -0.3 is 10.0 Å². The van der Waals surface area contributed by atoms with E-state index >= 15 is 4.39 Å². The number of piperidine rings is 1. The zero-order chi connectivity index (χ0) is 34.1. The maximum Gasteiger partial charge on any atom is 0.435 e. The molecule has 1 N–H and O–H groups in total. The van der Waals surface area contributed by atoms with Crippen LogP contribution in [0.15, 0.2) is 47.4 Å². The number of aliphatic carboxylic acids is 1. The third kappa shape index (κ3) is 5.07. The molecular formula is C31H31F8NO5S. The van der Waals surface area contributed by atoms with E-state index < -0.39 is 78.1 Å². The van der Waals surface area contributed by atoms with E-state index in [1.165, 1.54) is 4.90 Å². The Morgan fingerprint density at radius 2 is 1.54 bits per heavy atom. The summed E-state index contributed by atoms with van der Waals surface area (Å²) in [5.74, 6) is -3.01. The highest BCUT2D eigenvalue weighted by molar-refractivity contribution is 7.92. The first-order valence-electron chi connectivity index (χ1n) is 14.7. The van der Waals surface area contributed by atoms with Crippen molar-refractivity contribution >= 4 is 21.7 Å². The second-order valence-electron chi connectivity index (χ2n) is 12.7. The number of sulfone groups is 1. The highest BCUT2D eigenvalue weighted by Gasteiger charge is 2.73. The highest BCUT2D eigenvalue weighted by Crippen LogP contribution is 2.57. The fourth-order valence-electron chi connectivity index (χ4n) is 7.61. The average molecular weight is 682 g/mol. The summed E-state index contributed by atoms with van der Waals surface area (Å²) in [6.07, 6.45) is -12.6. The standard InChI is InChI=1S/C31H31F8NO5S/c1-27(13-10-18(11-14-27)25(41)42)26(43)40-15-3-12-28(46(44,45)22-5-2-4-21(32)17-22)23-8-7-20(16-19(23)6-9-24(28)40)29(33,30(34,35)36)31(37,38)39/h2,4-5,7-8,16-18,24H,3,6,9-15H2,1H3,(H,41,42). The summed E-state index contributed by atoms with van der Waals surface area (Å²) in [6.45, 7) is 1.74. The van der Waals surface area contributed by atoms with Crippen molar-refractivity contribution < 1.29 is 58.2 Å². The number of nitrogens with zero attached hydrogens (tertiary/aromatic N) is 1. The molecule has 1 saturated heterocycles. The molecule has 15 heteroatoms. The monoisotopic (exact) mass is 681 g/mol. The molecular weight excluding hydrogens is 650 g/mol. The van der Waals surface area contributed by atoms with Crippen LogP contribution in [-0.2, 0) is 36.3 Å². The quantitative estimate of drug-likeness (QED) is 0.343. The Bertz CT molecular complexity index is 1630. The van der Waals surface area contributed by atoms with E-state index in [2.05, 4.69) is 0 Å². The number of hydrogen-bond donors (Lipinski definition) is 1. The summed E-state index contributed by atoms with van der Waals surface area (Å²) in [5, 5.41) is 9.42. The Kier molecular flexibility index (Phi) is 8.30. The molecule has 1 heterocycles. The lowest BCUT2D eigenvalue weighted by Crippen LogP contribution is -2.64. The van der Waals surface area contributed by atoms with Crippen LogP contribution in [-0.4, -0.2) is 55.2 Å². The minimum Gasteiger partial charge on any atom is -0.481 e. The number of benzene rings is 2. The van der Waals surface area contributed by atoms with Gasteiger partial charge in [-0.15, -0.1) is 0 Å². The number of rotatable bonds is 5. The van der Waals surface area contributed by atoms with Gasteiger partial charge in [-0.1, -0.05) is 31.2 Å². The highest BCUT2D eigenvalue weighted by atomic mass is 32.2. The van der Waals surface area contributed by atoms with Gasteiger partial charge in [0.25, 0.3) is 0 Å². The molecule has 1 amide bonds. The molecule has 6 nitrogen and oxygen atoms in total. The van der Waals surface area contributed by atoms with E-state index in [1.54, 1.807) is 6.92 Å². The first-order valence-corrected chi connectivity index (χ1v) is 16.2. The van der Waals surface area contributed by atoms with Crippen LogP contribution in [0.5, 0.6) is 0 Å². The van der Waals surface area contributed by atoms with E-state index in [1.807, 2.05) is 0 Å². The second-order valence-corrected chi connectivity index (χ2v) is 14.9. The van der Waals surface area contributed by atoms with Crippen molar-refractivity contribution in [2.24, 2.45) is 11.3 Å². The summed E-state index contributed by atoms with van der Waals surface area (Å²) in [6, 6.07) is 4.27. The summed E-state index contributed by atoms with van der Waals surface area (Å²) in [7, 11) is -4.71. The van der Waals surface area contributed by atoms with Crippen LogP contribution in [0.25, 0.3) is 0 Å². The number of halogens is 8. The van der Waals surface area contributed by atoms with E-state index in [4.69, 9.17) is 0 Å². The Morgan fingerprint density at radius 1 is 0.913 bits per heavy atom. The smallest absolute Gasteiger partial charge is 0.435 e.